The lowest BCUT2D eigenvalue weighted by atomic mass is 10.1. The second-order valence-electron chi connectivity index (χ2n) is 4.33. The van der Waals surface area contributed by atoms with Crippen molar-refractivity contribution in [3.8, 4) is 5.88 Å². The summed E-state index contributed by atoms with van der Waals surface area (Å²) in [6.07, 6.45) is 0. The number of nitrogens with one attached hydrogen (secondary N) is 1. The molecule has 2 aromatic rings. The molecule has 1 unspecified atom stereocenters. The van der Waals surface area contributed by atoms with Crippen molar-refractivity contribution in [2.24, 2.45) is 0 Å². The largest absolute Gasteiger partial charge is 0.478 e. The molecule has 1 aromatic carbocycles. The van der Waals surface area contributed by atoms with Crippen molar-refractivity contribution in [2.75, 3.05) is 11.9 Å². The maximum absolute atomic E-state index is 6.20. The Bertz CT molecular complexity index is 590. The normalized spacial score (nSPS) is 12.0. The quantitative estimate of drug-likeness (QED) is 0.847. The van der Waals surface area contributed by atoms with Crippen LogP contribution >= 0.6 is 23.2 Å². The Labute approximate surface area is 128 Å². The lowest BCUT2D eigenvalue weighted by molar-refractivity contribution is 0.327. The molecule has 3 nitrogen and oxygen atoms in total. The summed E-state index contributed by atoms with van der Waals surface area (Å²) in [6, 6.07) is 11.1. The SMILES string of the molecule is CCOc1cccc(NC(C)c2ccc(Cl)cc2Cl)n1. The maximum atomic E-state index is 6.20. The van der Waals surface area contributed by atoms with Crippen LogP contribution in [0.3, 0.4) is 0 Å². The minimum atomic E-state index is 0.0177. The molecule has 1 heterocycles. The summed E-state index contributed by atoms with van der Waals surface area (Å²) < 4.78 is 5.38. The summed E-state index contributed by atoms with van der Waals surface area (Å²) in [5.74, 6) is 1.35. The molecule has 0 saturated heterocycles. The fourth-order valence-corrected chi connectivity index (χ4v) is 2.45. The molecule has 106 valence electrons. The van der Waals surface area contributed by atoms with Gasteiger partial charge in [0.1, 0.15) is 5.82 Å². The first kappa shape index (κ1) is 14.9. The third-order valence-electron chi connectivity index (χ3n) is 2.81. The zero-order valence-corrected chi connectivity index (χ0v) is 12.9. The summed E-state index contributed by atoms with van der Waals surface area (Å²) in [7, 11) is 0. The first-order valence-electron chi connectivity index (χ1n) is 6.41. The molecule has 0 fully saturated rings. The van der Waals surface area contributed by atoms with E-state index in [1.807, 2.05) is 44.2 Å². The third kappa shape index (κ3) is 3.78. The minimum absolute atomic E-state index is 0.0177. The van der Waals surface area contributed by atoms with Crippen molar-refractivity contribution in [3.63, 3.8) is 0 Å². The van der Waals surface area contributed by atoms with E-state index in [4.69, 9.17) is 27.9 Å². The molecule has 0 saturated carbocycles. The van der Waals surface area contributed by atoms with Gasteiger partial charge in [0.2, 0.25) is 5.88 Å². The smallest absolute Gasteiger partial charge is 0.215 e. The fraction of sp³-hybridized carbons (Fsp3) is 0.267. The lowest BCUT2D eigenvalue weighted by Gasteiger charge is -2.17. The molecule has 20 heavy (non-hydrogen) atoms. The highest BCUT2D eigenvalue weighted by atomic mass is 35.5. The number of halogens is 2. The van der Waals surface area contributed by atoms with Crippen LogP contribution in [-0.4, -0.2) is 11.6 Å². The molecule has 0 aliphatic rings. The molecule has 0 amide bonds. The Hall–Kier alpha value is -1.45. The first-order valence-corrected chi connectivity index (χ1v) is 7.17. The van der Waals surface area contributed by atoms with E-state index in [-0.39, 0.29) is 6.04 Å². The van der Waals surface area contributed by atoms with Gasteiger partial charge in [0.05, 0.1) is 12.6 Å². The number of ether oxygens (including phenoxy) is 1. The Morgan fingerprint density at radius 1 is 1.25 bits per heavy atom. The van der Waals surface area contributed by atoms with Crippen LogP contribution < -0.4 is 10.1 Å². The van der Waals surface area contributed by atoms with Crippen LogP contribution in [-0.2, 0) is 0 Å². The molecular formula is C15H16Cl2N2O. The summed E-state index contributed by atoms with van der Waals surface area (Å²) in [6.45, 7) is 4.54. The Kier molecular flexibility index (Phi) is 5.10. The number of pyridine rings is 1. The van der Waals surface area contributed by atoms with Gasteiger partial charge in [0.15, 0.2) is 0 Å². The predicted molar refractivity (Wildman–Crippen MR) is 83.9 cm³/mol. The van der Waals surface area contributed by atoms with E-state index in [0.717, 1.165) is 11.4 Å². The molecule has 0 spiro atoms. The third-order valence-corrected chi connectivity index (χ3v) is 3.37. The van der Waals surface area contributed by atoms with Crippen LogP contribution in [0.5, 0.6) is 5.88 Å². The van der Waals surface area contributed by atoms with Gasteiger partial charge >= 0.3 is 0 Å². The number of benzene rings is 1. The number of nitrogens with zero attached hydrogens (tertiary/aromatic N) is 1. The van der Waals surface area contributed by atoms with Crippen LogP contribution in [0.1, 0.15) is 25.5 Å². The Morgan fingerprint density at radius 2 is 2.05 bits per heavy atom. The summed E-state index contributed by atoms with van der Waals surface area (Å²) in [5.41, 5.74) is 0.972. The number of hydrogen-bond acceptors (Lipinski definition) is 3. The standard InChI is InChI=1S/C15H16Cl2N2O/c1-3-20-15-6-4-5-14(19-15)18-10(2)12-8-7-11(16)9-13(12)17/h4-10H,3H2,1-2H3,(H,18,19). The van der Waals surface area contributed by atoms with Gasteiger partial charge in [-0.1, -0.05) is 35.3 Å². The van der Waals surface area contributed by atoms with Gasteiger partial charge in [0.25, 0.3) is 0 Å². The van der Waals surface area contributed by atoms with Crippen LogP contribution in [0.25, 0.3) is 0 Å². The van der Waals surface area contributed by atoms with Gasteiger partial charge < -0.3 is 10.1 Å². The monoisotopic (exact) mass is 310 g/mol. The van der Waals surface area contributed by atoms with E-state index in [1.165, 1.54) is 0 Å². The minimum Gasteiger partial charge on any atom is -0.478 e. The lowest BCUT2D eigenvalue weighted by Crippen LogP contribution is -2.09. The van der Waals surface area contributed by atoms with Crippen LogP contribution in [0, 0.1) is 0 Å². The maximum Gasteiger partial charge on any atom is 0.215 e. The van der Waals surface area contributed by atoms with E-state index in [1.54, 1.807) is 6.07 Å². The van der Waals surface area contributed by atoms with Crippen molar-refractivity contribution >= 4 is 29.0 Å². The van der Waals surface area contributed by atoms with Gasteiger partial charge in [0, 0.05) is 16.1 Å². The summed E-state index contributed by atoms with van der Waals surface area (Å²) in [5, 5.41) is 4.56. The zero-order valence-electron chi connectivity index (χ0n) is 11.4. The second-order valence-corrected chi connectivity index (χ2v) is 5.17. The van der Waals surface area contributed by atoms with Crippen molar-refractivity contribution in [2.45, 2.75) is 19.9 Å². The highest BCUT2D eigenvalue weighted by molar-refractivity contribution is 6.35. The van der Waals surface area contributed by atoms with Crippen LogP contribution in [0.4, 0.5) is 5.82 Å². The molecule has 2 rings (SSSR count). The van der Waals surface area contributed by atoms with Gasteiger partial charge in [-0.25, -0.2) is 0 Å². The number of hydrogen-bond donors (Lipinski definition) is 1. The molecule has 0 radical (unpaired) electrons. The number of anilines is 1. The second kappa shape index (κ2) is 6.82. The van der Waals surface area contributed by atoms with Crippen molar-refractivity contribution in [1.29, 1.82) is 0 Å². The Balaban J connectivity index is 2.14. The highest BCUT2D eigenvalue weighted by Crippen LogP contribution is 2.28. The van der Waals surface area contributed by atoms with Gasteiger partial charge in [-0.2, -0.15) is 4.98 Å². The van der Waals surface area contributed by atoms with Crippen LogP contribution in [0.2, 0.25) is 10.0 Å². The summed E-state index contributed by atoms with van der Waals surface area (Å²) in [4.78, 5) is 4.37. The average molecular weight is 311 g/mol. The Morgan fingerprint density at radius 3 is 2.75 bits per heavy atom. The average Bonchev–Trinajstić information content (AvgIpc) is 2.39. The van der Waals surface area contributed by atoms with Crippen molar-refractivity contribution in [3.05, 3.63) is 52.0 Å². The van der Waals surface area contributed by atoms with E-state index in [2.05, 4.69) is 10.3 Å². The molecule has 1 N–H and O–H groups in total. The van der Waals surface area contributed by atoms with Crippen molar-refractivity contribution in [1.82, 2.24) is 4.98 Å². The van der Waals surface area contributed by atoms with Crippen molar-refractivity contribution < 1.29 is 4.74 Å². The zero-order chi connectivity index (χ0) is 14.5. The van der Waals surface area contributed by atoms with Gasteiger partial charge in [-0.3, -0.25) is 0 Å². The topological polar surface area (TPSA) is 34.1 Å². The molecule has 1 aromatic heterocycles. The number of aromatic nitrogens is 1. The molecule has 1 atom stereocenters. The van der Waals surface area contributed by atoms with Crippen LogP contribution in [0.15, 0.2) is 36.4 Å². The summed E-state index contributed by atoms with van der Waals surface area (Å²) >= 11 is 12.1. The van der Waals surface area contributed by atoms with E-state index in [9.17, 15) is 0 Å². The molecular weight excluding hydrogens is 295 g/mol. The highest BCUT2D eigenvalue weighted by Gasteiger charge is 2.11. The van der Waals surface area contributed by atoms with E-state index < -0.39 is 0 Å². The van der Waals surface area contributed by atoms with Gasteiger partial charge in [-0.05, 0) is 37.6 Å². The number of rotatable bonds is 5. The van der Waals surface area contributed by atoms with E-state index >= 15 is 0 Å². The predicted octanol–water partition coefficient (Wildman–Crippen LogP) is 4.96. The fourth-order valence-electron chi connectivity index (χ4n) is 1.88. The van der Waals surface area contributed by atoms with E-state index in [0.29, 0.717) is 22.5 Å². The first-order chi connectivity index (χ1) is 9.60. The molecule has 0 aliphatic heterocycles. The molecule has 0 bridgehead atoms. The molecule has 0 aliphatic carbocycles. The molecule has 5 heteroatoms. The van der Waals surface area contributed by atoms with Gasteiger partial charge in [-0.15, -0.1) is 0 Å².